The summed E-state index contributed by atoms with van der Waals surface area (Å²) in [5.74, 6) is -0.0177. The summed E-state index contributed by atoms with van der Waals surface area (Å²) in [5, 5.41) is 3.05. The van der Waals surface area contributed by atoms with Gasteiger partial charge in [0.1, 0.15) is 6.61 Å². The van der Waals surface area contributed by atoms with Crippen LogP contribution in [0, 0.1) is 0 Å². The van der Waals surface area contributed by atoms with E-state index in [-0.39, 0.29) is 6.61 Å². The Balaban J connectivity index is 1.59. The Morgan fingerprint density at radius 3 is 2.17 bits per heavy atom. The van der Waals surface area contributed by atoms with Crippen LogP contribution < -0.4 is 5.32 Å². The Bertz CT molecular complexity index is 759. The van der Waals surface area contributed by atoms with Crippen molar-refractivity contribution in [3.8, 4) is 0 Å². The van der Waals surface area contributed by atoms with Gasteiger partial charge in [0.15, 0.2) is 0 Å². The van der Waals surface area contributed by atoms with Gasteiger partial charge >= 0.3 is 5.97 Å². The number of ether oxygens (including phenoxy) is 1. The molecule has 114 valence electrons. The van der Waals surface area contributed by atoms with Gasteiger partial charge in [-0.1, -0.05) is 48.5 Å². The number of nitrogens with one attached hydrogen (secondary N) is 1. The number of esters is 1. The molecule has 0 saturated carbocycles. The molecule has 0 bridgehead atoms. The number of carbonyl (C=O) groups excluding carboxylic acids is 1. The highest BCUT2D eigenvalue weighted by Crippen LogP contribution is 2.12. The van der Waals surface area contributed by atoms with Gasteiger partial charge in [-0.25, -0.2) is 14.8 Å². The molecule has 5 heteroatoms. The monoisotopic (exact) mass is 305 g/mol. The molecular formula is C18H15N3O2. The van der Waals surface area contributed by atoms with E-state index in [9.17, 15) is 4.79 Å². The number of para-hydroxylation sites is 1. The second-order valence-electron chi connectivity index (χ2n) is 4.85. The Morgan fingerprint density at radius 1 is 0.913 bits per heavy atom. The summed E-state index contributed by atoms with van der Waals surface area (Å²) in [6.07, 6.45) is 2.90. The van der Waals surface area contributed by atoms with E-state index in [2.05, 4.69) is 15.3 Å². The summed E-state index contributed by atoms with van der Waals surface area (Å²) in [5.41, 5.74) is 2.13. The minimum absolute atomic E-state index is 0.226. The first kappa shape index (κ1) is 14.7. The molecule has 0 saturated heterocycles. The summed E-state index contributed by atoms with van der Waals surface area (Å²) in [4.78, 5) is 20.2. The SMILES string of the molecule is O=C(OCc1ccccc1)c1cnc(Nc2ccccc2)nc1. The average Bonchev–Trinajstić information content (AvgIpc) is 2.62. The van der Waals surface area contributed by atoms with Crippen molar-refractivity contribution in [1.82, 2.24) is 9.97 Å². The fourth-order valence-corrected chi connectivity index (χ4v) is 1.96. The van der Waals surface area contributed by atoms with E-state index in [1.807, 2.05) is 60.7 Å². The molecule has 1 heterocycles. The van der Waals surface area contributed by atoms with Gasteiger partial charge in [0.2, 0.25) is 5.95 Å². The highest BCUT2D eigenvalue weighted by Gasteiger charge is 2.09. The van der Waals surface area contributed by atoms with Gasteiger partial charge in [0.05, 0.1) is 5.56 Å². The number of aromatic nitrogens is 2. The fraction of sp³-hybridized carbons (Fsp3) is 0.0556. The van der Waals surface area contributed by atoms with Gasteiger partial charge in [-0.05, 0) is 17.7 Å². The van der Waals surface area contributed by atoms with Crippen molar-refractivity contribution in [2.24, 2.45) is 0 Å². The van der Waals surface area contributed by atoms with Crippen LogP contribution in [0.1, 0.15) is 15.9 Å². The third-order valence-electron chi connectivity index (χ3n) is 3.13. The van der Waals surface area contributed by atoms with Gasteiger partial charge in [-0.15, -0.1) is 0 Å². The first-order valence-corrected chi connectivity index (χ1v) is 7.16. The van der Waals surface area contributed by atoms with Gasteiger partial charge in [0.25, 0.3) is 0 Å². The molecule has 0 atom stereocenters. The van der Waals surface area contributed by atoms with Crippen molar-refractivity contribution in [2.75, 3.05) is 5.32 Å². The van der Waals surface area contributed by atoms with Crippen LogP contribution in [0.4, 0.5) is 11.6 Å². The minimum Gasteiger partial charge on any atom is -0.457 e. The van der Waals surface area contributed by atoms with E-state index < -0.39 is 5.97 Å². The first-order chi connectivity index (χ1) is 11.3. The zero-order valence-electron chi connectivity index (χ0n) is 12.3. The number of hydrogen-bond acceptors (Lipinski definition) is 5. The van der Waals surface area contributed by atoms with Crippen molar-refractivity contribution >= 4 is 17.6 Å². The highest BCUT2D eigenvalue weighted by molar-refractivity contribution is 5.88. The molecule has 3 rings (SSSR count). The molecule has 1 aromatic heterocycles. The van der Waals surface area contributed by atoms with Crippen molar-refractivity contribution in [3.63, 3.8) is 0 Å². The Labute approximate surface area is 134 Å². The summed E-state index contributed by atoms with van der Waals surface area (Å²) in [6, 6.07) is 19.1. The quantitative estimate of drug-likeness (QED) is 0.730. The third kappa shape index (κ3) is 4.14. The molecule has 0 unspecified atom stereocenters. The molecule has 1 N–H and O–H groups in total. The summed E-state index contributed by atoms with van der Waals surface area (Å²) in [7, 11) is 0. The smallest absolute Gasteiger partial charge is 0.341 e. The van der Waals surface area contributed by atoms with Gasteiger partial charge in [-0.3, -0.25) is 0 Å². The molecule has 0 amide bonds. The molecule has 5 nitrogen and oxygen atoms in total. The topological polar surface area (TPSA) is 64.1 Å². The standard InChI is InChI=1S/C18H15N3O2/c22-17(23-13-14-7-3-1-4-8-14)15-11-19-18(20-12-15)21-16-9-5-2-6-10-16/h1-12H,13H2,(H,19,20,21). The van der Waals surface area contributed by atoms with Crippen molar-refractivity contribution in [1.29, 1.82) is 0 Å². The second-order valence-corrected chi connectivity index (χ2v) is 4.85. The molecular weight excluding hydrogens is 290 g/mol. The van der Waals surface area contributed by atoms with E-state index in [1.54, 1.807) is 0 Å². The maximum Gasteiger partial charge on any atom is 0.341 e. The van der Waals surface area contributed by atoms with E-state index in [1.165, 1.54) is 12.4 Å². The van der Waals surface area contributed by atoms with Crippen LogP contribution in [0.3, 0.4) is 0 Å². The van der Waals surface area contributed by atoms with E-state index >= 15 is 0 Å². The van der Waals surface area contributed by atoms with Crippen LogP contribution in [-0.4, -0.2) is 15.9 Å². The van der Waals surface area contributed by atoms with Crippen LogP contribution in [0.5, 0.6) is 0 Å². The predicted molar refractivity (Wildman–Crippen MR) is 87.3 cm³/mol. The number of anilines is 2. The molecule has 0 aliphatic heterocycles. The summed E-state index contributed by atoms with van der Waals surface area (Å²) < 4.78 is 5.23. The molecule has 0 aliphatic rings. The lowest BCUT2D eigenvalue weighted by atomic mass is 10.2. The van der Waals surface area contributed by atoms with Crippen molar-refractivity contribution in [3.05, 3.63) is 84.2 Å². The van der Waals surface area contributed by atoms with Crippen LogP contribution in [0.15, 0.2) is 73.1 Å². The maximum absolute atomic E-state index is 12.0. The maximum atomic E-state index is 12.0. The van der Waals surface area contributed by atoms with Crippen molar-refractivity contribution in [2.45, 2.75) is 6.61 Å². The zero-order valence-corrected chi connectivity index (χ0v) is 12.3. The minimum atomic E-state index is -0.444. The Morgan fingerprint density at radius 2 is 1.52 bits per heavy atom. The van der Waals surface area contributed by atoms with Crippen molar-refractivity contribution < 1.29 is 9.53 Å². The van der Waals surface area contributed by atoms with Gasteiger partial charge in [-0.2, -0.15) is 0 Å². The van der Waals surface area contributed by atoms with Crippen LogP contribution in [0.2, 0.25) is 0 Å². The summed E-state index contributed by atoms with van der Waals surface area (Å²) in [6.45, 7) is 0.226. The summed E-state index contributed by atoms with van der Waals surface area (Å²) >= 11 is 0. The molecule has 0 fully saturated rings. The highest BCUT2D eigenvalue weighted by atomic mass is 16.5. The first-order valence-electron chi connectivity index (χ1n) is 7.16. The lowest BCUT2D eigenvalue weighted by Gasteiger charge is -2.06. The number of hydrogen-bond donors (Lipinski definition) is 1. The normalized spacial score (nSPS) is 10.1. The number of nitrogens with zero attached hydrogens (tertiary/aromatic N) is 2. The van der Waals surface area contributed by atoms with Crippen LogP contribution in [0.25, 0.3) is 0 Å². The third-order valence-corrected chi connectivity index (χ3v) is 3.13. The van der Waals surface area contributed by atoms with Crippen LogP contribution >= 0.6 is 0 Å². The lowest BCUT2D eigenvalue weighted by Crippen LogP contribution is -2.07. The fourth-order valence-electron chi connectivity index (χ4n) is 1.96. The molecule has 3 aromatic rings. The average molecular weight is 305 g/mol. The van der Waals surface area contributed by atoms with Crippen LogP contribution in [-0.2, 0) is 11.3 Å². The second kappa shape index (κ2) is 7.17. The van der Waals surface area contributed by atoms with E-state index in [0.29, 0.717) is 11.5 Å². The molecule has 23 heavy (non-hydrogen) atoms. The number of carbonyl (C=O) groups is 1. The van der Waals surface area contributed by atoms with E-state index in [4.69, 9.17) is 4.74 Å². The van der Waals surface area contributed by atoms with Gasteiger partial charge in [0, 0.05) is 18.1 Å². The molecule has 0 radical (unpaired) electrons. The van der Waals surface area contributed by atoms with E-state index in [0.717, 1.165) is 11.3 Å². The number of benzene rings is 2. The number of rotatable bonds is 5. The lowest BCUT2D eigenvalue weighted by molar-refractivity contribution is 0.0472. The zero-order chi connectivity index (χ0) is 15.9. The Kier molecular flexibility index (Phi) is 4.59. The molecule has 0 aliphatic carbocycles. The molecule has 2 aromatic carbocycles. The molecule has 0 spiro atoms. The van der Waals surface area contributed by atoms with Gasteiger partial charge < -0.3 is 10.1 Å². The Hall–Kier alpha value is -3.21. The largest absolute Gasteiger partial charge is 0.457 e. The predicted octanol–water partition coefficient (Wildman–Crippen LogP) is 3.58.